The van der Waals surface area contributed by atoms with Crippen LogP contribution in [-0.2, 0) is 6.42 Å². The first-order valence-electron chi connectivity index (χ1n) is 9.07. The summed E-state index contributed by atoms with van der Waals surface area (Å²) in [5, 5.41) is 5.97. The number of benzene rings is 2. The van der Waals surface area contributed by atoms with Gasteiger partial charge in [0.25, 0.3) is 5.91 Å². The number of rotatable bonds is 8. The summed E-state index contributed by atoms with van der Waals surface area (Å²) in [5.41, 5.74) is 2.05. The van der Waals surface area contributed by atoms with E-state index in [9.17, 15) is 9.18 Å². The molecule has 0 saturated heterocycles. The second-order valence-corrected chi connectivity index (χ2v) is 6.26. The van der Waals surface area contributed by atoms with Gasteiger partial charge < -0.3 is 20.1 Å². The van der Waals surface area contributed by atoms with Crippen molar-refractivity contribution in [2.75, 3.05) is 31.4 Å². The van der Waals surface area contributed by atoms with E-state index in [1.165, 1.54) is 24.3 Å². The van der Waals surface area contributed by atoms with E-state index >= 15 is 0 Å². The molecule has 29 heavy (non-hydrogen) atoms. The minimum atomic E-state index is -0.383. The maximum atomic E-state index is 12.9. The predicted octanol–water partition coefficient (Wildman–Crippen LogP) is 4.14. The van der Waals surface area contributed by atoms with Crippen molar-refractivity contribution in [1.29, 1.82) is 0 Å². The second-order valence-electron chi connectivity index (χ2n) is 6.26. The quantitative estimate of drug-likeness (QED) is 0.600. The van der Waals surface area contributed by atoms with Gasteiger partial charge >= 0.3 is 0 Å². The Morgan fingerprint density at radius 2 is 1.76 bits per heavy atom. The maximum absolute atomic E-state index is 12.9. The zero-order chi connectivity index (χ0) is 20.6. The van der Waals surface area contributed by atoms with E-state index < -0.39 is 0 Å². The standard InChI is InChI=1S/C22H22FN3O3/c1-28-19-9-3-15(13-20(19)29-2)11-12-24-21-10-8-18(14-25-21)26-22(27)16-4-6-17(23)7-5-16/h3-10,13-14H,11-12H2,1-2H3,(H,24,25)(H,26,27). The van der Waals surface area contributed by atoms with Crippen LogP contribution in [0.3, 0.4) is 0 Å². The van der Waals surface area contributed by atoms with E-state index in [-0.39, 0.29) is 11.7 Å². The van der Waals surface area contributed by atoms with Crippen molar-refractivity contribution in [3.8, 4) is 11.5 Å². The van der Waals surface area contributed by atoms with Gasteiger partial charge in [-0.1, -0.05) is 6.07 Å². The predicted molar refractivity (Wildman–Crippen MR) is 110 cm³/mol. The maximum Gasteiger partial charge on any atom is 0.255 e. The molecule has 2 N–H and O–H groups in total. The van der Waals surface area contributed by atoms with E-state index in [2.05, 4.69) is 15.6 Å². The minimum Gasteiger partial charge on any atom is -0.493 e. The van der Waals surface area contributed by atoms with Crippen LogP contribution in [-0.4, -0.2) is 31.7 Å². The van der Waals surface area contributed by atoms with Crippen LogP contribution in [0.15, 0.2) is 60.8 Å². The summed E-state index contributed by atoms with van der Waals surface area (Å²) < 4.78 is 23.5. The van der Waals surface area contributed by atoms with Gasteiger partial charge in [-0.25, -0.2) is 9.37 Å². The number of methoxy groups -OCH3 is 2. The van der Waals surface area contributed by atoms with E-state index in [0.717, 1.165) is 12.0 Å². The van der Waals surface area contributed by atoms with Crippen molar-refractivity contribution in [2.24, 2.45) is 0 Å². The molecule has 7 heteroatoms. The highest BCUT2D eigenvalue weighted by Gasteiger charge is 2.07. The monoisotopic (exact) mass is 395 g/mol. The van der Waals surface area contributed by atoms with Crippen molar-refractivity contribution < 1.29 is 18.7 Å². The zero-order valence-corrected chi connectivity index (χ0v) is 16.2. The van der Waals surface area contributed by atoms with Gasteiger partial charge in [0, 0.05) is 12.1 Å². The largest absolute Gasteiger partial charge is 0.493 e. The van der Waals surface area contributed by atoms with Crippen LogP contribution in [0.1, 0.15) is 15.9 Å². The number of carbonyl (C=O) groups excluding carboxylic acids is 1. The number of nitrogens with one attached hydrogen (secondary N) is 2. The summed E-state index contributed by atoms with van der Waals surface area (Å²) in [4.78, 5) is 16.4. The lowest BCUT2D eigenvalue weighted by molar-refractivity contribution is 0.102. The normalized spacial score (nSPS) is 10.3. The summed E-state index contributed by atoms with van der Waals surface area (Å²) in [6.07, 6.45) is 2.35. The number of carbonyl (C=O) groups is 1. The molecule has 0 spiro atoms. The molecule has 1 aromatic heterocycles. The van der Waals surface area contributed by atoms with Gasteiger partial charge in [0.05, 0.1) is 26.1 Å². The third kappa shape index (κ3) is 5.44. The summed E-state index contributed by atoms with van der Waals surface area (Å²) in [5.74, 6) is 1.39. The molecule has 0 saturated carbocycles. The SMILES string of the molecule is COc1ccc(CCNc2ccc(NC(=O)c3ccc(F)cc3)cn2)cc1OC. The first-order valence-corrected chi connectivity index (χ1v) is 9.07. The van der Waals surface area contributed by atoms with E-state index in [0.29, 0.717) is 35.1 Å². The van der Waals surface area contributed by atoms with Gasteiger partial charge in [0.15, 0.2) is 11.5 Å². The number of amides is 1. The third-order valence-corrected chi connectivity index (χ3v) is 4.30. The van der Waals surface area contributed by atoms with E-state index in [1.807, 2.05) is 18.2 Å². The number of hydrogen-bond donors (Lipinski definition) is 2. The number of halogens is 1. The summed E-state index contributed by atoms with van der Waals surface area (Å²) >= 11 is 0. The molecule has 0 aliphatic carbocycles. The Hall–Kier alpha value is -3.61. The Labute approximate surface area is 168 Å². The molecule has 0 atom stereocenters. The Morgan fingerprint density at radius 3 is 2.41 bits per heavy atom. The van der Waals surface area contributed by atoms with Crippen LogP contribution in [0.25, 0.3) is 0 Å². The Kier molecular flexibility index (Phi) is 6.63. The second kappa shape index (κ2) is 9.54. The molecule has 3 aromatic rings. The summed E-state index contributed by atoms with van der Waals surface area (Å²) in [7, 11) is 3.22. The van der Waals surface area contributed by atoms with Crippen LogP contribution < -0.4 is 20.1 Å². The van der Waals surface area contributed by atoms with Crippen molar-refractivity contribution in [3.05, 3.63) is 77.7 Å². The van der Waals surface area contributed by atoms with Gasteiger partial charge in [-0.05, 0) is 60.5 Å². The molecule has 0 bridgehead atoms. The molecular formula is C22H22FN3O3. The molecule has 150 valence electrons. The molecule has 0 aliphatic rings. The van der Waals surface area contributed by atoms with Crippen LogP contribution in [0.4, 0.5) is 15.9 Å². The lowest BCUT2D eigenvalue weighted by Crippen LogP contribution is -2.12. The number of ether oxygens (including phenoxy) is 2. The highest BCUT2D eigenvalue weighted by molar-refractivity contribution is 6.04. The lowest BCUT2D eigenvalue weighted by Gasteiger charge is -2.10. The van der Waals surface area contributed by atoms with Crippen molar-refractivity contribution in [2.45, 2.75) is 6.42 Å². The number of anilines is 2. The van der Waals surface area contributed by atoms with Crippen molar-refractivity contribution in [1.82, 2.24) is 4.98 Å². The summed E-state index contributed by atoms with van der Waals surface area (Å²) in [6.45, 7) is 0.684. The van der Waals surface area contributed by atoms with E-state index in [1.54, 1.807) is 32.5 Å². The molecule has 0 unspecified atom stereocenters. The Bertz CT molecular complexity index is 960. The fraction of sp³-hybridized carbons (Fsp3) is 0.182. The van der Waals surface area contributed by atoms with Crippen molar-refractivity contribution >= 4 is 17.4 Å². The molecule has 0 aliphatic heterocycles. The molecule has 0 fully saturated rings. The fourth-order valence-electron chi connectivity index (χ4n) is 2.75. The molecule has 1 amide bonds. The molecule has 2 aromatic carbocycles. The van der Waals surface area contributed by atoms with E-state index in [4.69, 9.17) is 9.47 Å². The van der Waals surface area contributed by atoms with Crippen LogP contribution in [0.2, 0.25) is 0 Å². The first-order chi connectivity index (χ1) is 14.1. The number of hydrogen-bond acceptors (Lipinski definition) is 5. The molecule has 3 rings (SSSR count). The number of nitrogens with zero attached hydrogens (tertiary/aromatic N) is 1. The van der Waals surface area contributed by atoms with Gasteiger partial charge in [-0.15, -0.1) is 0 Å². The summed E-state index contributed by atoms with van der Waals surface area (Å²) in [6, 6.07) is 14.7. The minimum absolute atomic E-state index is 0.319. The molecule has 6 nitrogen and oxygen atoms in total. The molecule has 0 radical (unpaired) electrons. The van der Waals surface area contributed by atoms with Gasteiger partial charge in [-0.3, -0.25) is 4.79 Å². The highest BCUT2D eigenvalue weighted by atomic mass is 19.1. The van der Waals surface area contributed by atoms with Crippen LogP contribution in [0, 0.1) is 5.82 Å². The third-order valence-electron chi connectivity index (χ3n) is 4.30. The number of aromatic nitrogens is 1. The smallest absolute Gasteiger partial charge is 0.255 e. The molecule has 1 heterocycles. The van der Waals surface area contributed by atoms with Crippen LogP contribution >= 0.6 is 0 Å². The Morgan fingerprint density at radius 1 is 1.00 bits per heavy atom. The van der Waals surface area contributed by atoms with Gasteiger partial charge in [-0.2, -0.15) is 0 Å². The molecular weight excluding hydrogens is 373 g/mol. The average Bonchev–Trinajstić information content (AvgIpc) is 2.75. The Balaban J connectivity index is 1.51. The highest BCUT2D eigenvalue weighted by Crippen LogP contribution is 2.27. The fourth-order valence-corrected chi connectivity index (χ4v) is 2.75. The van der Waals surface area contributed by atoms with Gasteiger partial charge in [0.2, 0.25) is 0 Å². The van der Waals surface area contributed by atoms with Crippen molar-refractivity contribution in [3.63, 3.8) is 0 Å². The average molecular weight is 395 g/mol. The van der Waals surface area contributed by atoms with Crippen LogP contribution in [0.5, 0.6) is 11.5 Å². The number of pyridine rings is 1. The van der Waals surface area contributed by atoms with Gasteiger partial charge in [0.1, 0.15) is 11.6 Å². The first kappa shape index (κ1) is 20.1. The lowest BCUT2D eigenvalue weighted by atomic mass is 10.1. The zero-order valence-electron chi connectivity index (χ0n) is 16.2. The topological polar surface area (TPSA) is 72.5 Å².